The molecule has 0 aromatic rings. The predicted molar refractivity (Wildman–Crippen MR) is 38.4 cm³/mol. The molecule has 0 aliphatic carbocycles. The van der Waals surface area contributed by atoms with E-state index in [1.807, 2.05) is 0 Å². The Balaban J connectivity index is 2.46. The van der Waals surface area contributed by atoms with E-state index in [4.69, 9.17) is 5.73 Å². The lowest BCUT2D eigenvalue weighted by molar-refractivity contribution is 0.196. The zero-order valence-electron chi connectivity index (χ0n) is 6.13. The van der Waals surface area contributed by atoms with Gasteiger partial charge in [0.1, 0.15) is 0 Å². The Kier molecular flexibility index (Phi) is 2.11. The maximum absolute atomic E-state index is 11.0. The summed E-state index contributed by atoms with van der Waals surface area (Å²) < 4.78 is 0. The average molecular weight is 143 g/mol. The smallest absolute Gasteiger partial charge is 0.318 e. The highest BCUT2D eigenvalue weighted by Crippen LogP contribution is 2.11. The maximum atomic E-state index is 11.0. The highest BCUT2D eigenvalue weighted by Gasteiger charge is 2.24. The Hall–Kier alpha value is -0.770. The Morgan fingerprint density at radius 3 is 2.90 bits per heavy atom. The molecule has 10 heavy (non-hydrogen) atoms. The van der Waals surface area contributed by atoms with Gasteiger partial charge >= 0.3 is 6.03 Å². The van der Waals surface area contributed by atoms with Crippen molar-refractivity contribution in [3.05, 3.63) is 0 Å². The molecule has 0 radical (unpaired) electrons. The molecule has 4 nitrogen and oxygen atoms in total. The fourth-order valence-electron chi connectivity index (χ4n) is 1.19. The number of likely N-dealkylation sites (tertiary alicyclic amines) is 1. The van der Waals surface area contributed by atoms with Gasteiger partial charge in [0.05, 0.1) is 6.17 Å². The van der Waals surface area contributed by atoms with Crippen molar-refractivity contribution in [2.24, 2.45) is 5.73 Å². The van der Waals surface area contributed by atoms with Gasteiger partial charge in [-0.05, 0) is 12.8 Å². The summed E-state index contributed by atoms with van der Waals surface area (Å²) >= 11 is 0. The SMILES string of the molecule is CNC(=O)N1CCCC1N. The largest absolute Gasteiger partial charge is 0.341 e. The predicted octanol–water partition coefficient (Wildman–Crippen LogP) is -0.294. The minimum absolute atomic E-state index is 0.0648. The molecule has 0 saturated carbocycles. The molecule has 1 rings (SSSR count). The van der Waals surface area contributed by atoms with Gasteiger partial charge in [-0.2, -0.15) is 0 Å². The molecule has 1 fully saturated rings. The number of nitrogens with two attached hydrogens (primary N) is 1. The van der Waals surface area contributed by atoms with Crippen molar-refractivity contribution in [3.8, 4) is 0 Å². The van der Waals surface area contributed by atoms with Gasteiger partial charge in [-0.25, -0.2) is 4.79 Å². The van der Waals surface area contributed by atoms with Gasteiger partial charge in [0.25, 0.3) is 0 Å². The summed E-state index contributed by atoms with van der Waals surface area (Å²) in [6, 6.07) is -0.0648. The molecule has 1 unspecified atom stereocenters. The number of hydrogen-bond donors (Lipinski definition) is 2. The van der Waals surface area contributed by atoms with Crippen molar-refractivity contribution in [3.63, 3.8) is 0 Å². The van der Waals surface area contributed by atoms with Gasteiger partial charge in [0, 0.05) is 13.6 Å². The summed E-state index contributed by atoms with van der Waals surface area (Å²) in [5, 5.41) is 2.54. The van der Waals surface area contributed by atoms with E-state index in [2.05, 4.69) is 5.32 Å². The van der Waals surface area contributed by atoms with Crippen LogP contribution in [0.1, 0.15) is 12.8 Å². The number of hydrogen-bond acceptors (Lipinski definition) is 2. The van der Waals surface area contributed by atoms with Gasteiger partial charge < -0.3 is 16.0 Å². The molecule has 1 atom stereocenters. The van der Waals surface area contributed by atoms with Crippen LogP contribution in [-0.2, 0) is 0 Å². The number of urea groups is 1. The molecular weight excluding hydrogens is 130 g/mol. The van der Waals surface area contributed by atoms with Crippen molar-refractivity contribution in [1.29, 1.82) is 0 Å². The van der Waals surface area contributed by atoms with Crippen LogP contribution in [0.3, 0.4) is 0 Å². The number of rotatable bonds is 0. The zero-order valence-corrected chi connectivity index (χ0v) is 6.13. The lowest BCUT2D eigenvalue weighted by atomic mass is 10.3. The quantitative estimate of drug-likeness (QED) is 0.489. The monoisotopic (exact) mass is 143 g/mol. The molecule has 4 heteroatoms. The Labute approximate surface area is 60.4 Å². The third-order valence-corrected chi connectivity index (χ3v) is 1.77. The normalized spacial score (nSPS) is 25.0. The van der Waals surface area contributed by atoms with Crippen LogP contribution in [0.2, 0.25) is 0 Å². The second kappa shape index (κ2) is 2.88. The molecule has 2 amide bonds. The fraction of sp³-hybridized carbons (Fsp3) is 0.833. The van der Waals surface area contributed by atoms with Crippen molar-refractivity contribution >= 4 is 6.03 Å². The van der Waals surface area contributed by atoms with Crippen LogP contribution in [0.4, 0.5) is 4.79 Å². The van der Waals surface area contributed by atoms with Gasteiger partial charge in [0.15, 0.2) is 0 Å². The topological polar surface area (TPSA) is 58.4 Å². The molecular formula is C6H13N3O. The summed E-state index contributed by atoms with van der Waals surface area (Å²) in [5.41, 5.74) is 5.62. The summed E-state index contributed by atoms with van der Waals surface area (Å²) in [6.07, 6.45) is 1.88. The zero-order chi connectivity index (χ0) is 7.56. The van der Waals surface area contributed by atoms with E-state index in [1.54, 1.807) is 11.9 Å². The van der Waals surface area contributed by atoms with Gasteiger partial charge in [0.2, 0.25) is 0 Å². The molecule has 0 aromatic carbocycles. The molecule has 58 valence electrons. The summed E-state index contributed by atoms with van der Waals surface area (Å²) in [6.45, 7) is 0.792. The minimum atomic E-state index is -0.0695. The van der Waals surface area contributed by atoms with E-state index in [0.29, 0.717) is 0 Å². The summed E-state index contributed by atoms with van der Waals surface area (Å²) in [4.78, 5) is 12.6. The van der Waals surface area contributed by atoms with Gasteiger partial charge in [-0.1, -0.05) is 0 Å². The lowest BCUT2D eigenvalue weighted by Crippen LogP contribution is -2.45. The molecule has 1 heterocycles. The van der Waals surface area contributed by atoms with Crippen LogP contribution in [0.5, 0.6) is 0 Å². The first kappa shape index (κ1) is 7.34. The molecule has 0 aromatic heterocycles. The third-order valence-electron chi connectivity index (χ3n) is 1.77. The number of nitrogens with one attached hydrogen (secondary N) is 1. The van der Waals surface area contributed by atoms with Crippen molar-refractivity contribution in [2.75, 3.05) is 13.6 Å². The fourth-order valence-corrected chi connectivity index (χ4v) is 1.19. The number of carbonyl (C=O) groups is 1. The van der Waals surface area contributed by atoms with E-state index in [9.17, 15) is 4.79 Å². The van der Waals surface area contributed by atoms with E-state index in [0.717, 1.165) is 19.4 Å². The van der Waals surface area contributed by atoms with Crippen LogP contribution in [0, 0.1) is 0 Å². The highest BCUT2D eigenvalue weighted by atomic mass is 16.2. The molecule has 1 aliphatic heterocycles. The minimum Gasteiger partial charge on any atom is -0.341 e. The number of carbonyl (C=O) groups excluding carboxylic acids is 1. The summed E-state index contributed by atoms with van der Waals surface area (Å²) in [7, 11) is 1.62. The molecule has 3 N–H and O–H groups in total. The van der Waals surface area contributed by atoms with Crippen molar-refractivity contribution in [1.82, 2.24) is 10.2 Å². The van der Waals surface area contributed by atoms with E-state index >= 15 is 0 Å². The van der Waals surface area contributed by atoms with Crippen LogP contribution in [-0.4, -0.2) is 30.7 Å². The Bertz CT molecular complexity index is 137. The number of nitrogens with zero attached hydrogens (tertiary/aromatic N) is 1. The van der Waals surface area contributed by atoms with Crippen LogP contribution >= 0.6 is 0 Å². The average Bonchev–Trinajstić information content (AvgIpc) is 2.34. The van der Waals surface area contributed by atoms with Gasteiger partial charge in [-0.3, -0.25) is 0 Å². The first-order chi connectivity index (χ1) is 4.75. The molecule has 1 saturated heterocycles. The van der Waals surface area contributed by atoms with E-state index in [-0.39, 0.29) is 12.2 Å². The number of amides is 2. The van der Waals surface area contributed by atoms with Crippen LogP contribution in [0.15, 0.2) is 0 Å². The molecule has 1 aliphatic rings. The van der Waals surface area contributed by atoms with Crippen LogP contribution < -0.4 is 11.1 Å². The second-order valence-electron chi connectivity index (χ2n) is 2.46. The van der Waals surface area contributed by atoms with E-state index < -0.39 is 0 Å². The lowest BCUT2D eigenvalue weighted by Gasteiger charge is -2.19. The van der Waals surface area contributed by atoms with Gasteiger partial charge in [-0.15, -0.1) is 0 Å². The Morgan fingerprint density at radius 1 is 1.80 bits per heavy atom. The second-order valence-corrected chi connectivity index (χ2v) is 2.46. The van der Waals surface area contributed by atoms with E-state index in [1.165, 1.54) is 0 Å². The first-order valence-electron chi connectivity index (χ1n) is 3.49. The first-order valence-corrected chi connectivity index (χ1v) is 3.49. The van der Waals surface area contributed by atoms with Crippen molar-refractivity contribution in [2.45, 2.75) is 19.0 Å². The van der Waals surface area contributed by atoms with Crippen LogP contribution in [0.25, 0.3) is 0 Å². The summed E-state index contributed by atoms with van der Waals surface area (Å²) in [5.74, 6) is 0. The highest BCUT2D eigenvalue weighted by molar-refractivity contribution is 5.74. The third kappa shape index (κ3) is 1.21. The Morgan fingerprint density at radius 2 is 2.50 bits per heavy atom. The molecule has 0 spiro atoms. The van der Waals surface area contributed by atoms with Crippen molar-refractivity contribution < 1.29 is 4.79 Å². The standard InChI is InChI=1S/C6H13N3O/c1-8-6(10)9-4-2-3-5(9)7/h5H,2-4,7H2,1H3,(H,8,10). The molecule has 0 bridgehead atoms. The maximum Gasteiger partial charge on any atom is 0.318 e.